The van der Waals surface area contributed by atoms with Crippen molar-refractivity contribution >= 4 is 17.5 Å². The maximum atomic E-state index is 4.21. The van der Waals surface area contributed by atoms with Gasteiger partial charge in [-0.05, 0) is 48.9 Å². The number of pyridine rings is 1. The van der Waals surface area contributed by atoms with Gasteiger partial charge in [0, 0.05) is 31.5 Å². The Kier molecular flexibility index (Phi) is 4.74. The van der Waals surface area contributed by atoms with Crippen LogP contribution in [0.25, 0.3) is 5.70 Å². The van der Waals surface area contributed by atoms with Gasteiger partial charge >= 0.3 is 0 Å². The van der Waals surface area contributed by atoms with Gasteiger partial charge in [0.25, 0.3) is 0 Å². The molecule has 1 aromatic carbocycles. The van der Waals surface area contributed by atoms with Crippen molar-refractivity contribution < 1.29 is 0 Å². The zero-order chi connectivity index (χ0) is 16.4. The predicted octanol–water partition coefficient (Wildman–Crippen LogP) is 4.36. The molecule has 3 rings (SSSR count). The molecular weight excluding hydrogens is 302 g/mol. The summed E-state index contributed by atoms with van der Waals surface area (Å²) < 4.78 is 0. The molecule has 0 fully saturated rings. The van der Waals surface area contributed by atoms with Crippen molar-refractivity contribution in [1.82, 2.24) is 15.0 Å². The first-order chi connectivity index (χ1) is 11.1. The van der Waals surface area contributed by atoms with E-state index in [0.29, 0.717) is 0 Å². The lowest BCUT2D eigenvalue weighted by Crippen LogP contribution is -2.36. The molecule has 1 aromatic heterocycles. The number of hydrazine groups is 1. The van der Waals surface area contributed by atoms with Crippen LogP contribution < -0.4 is 0 Å². The molecule has 0 saturated carbocycles. The molecule has 0 bridgehead atoms. The third-order valence-corrected chi connectivity index (χ3v) is 4.93. The normalized spacial score (nSPS) is 14.5. The van der Waals surface area contributed by atoms with Crippen molar-refractivity contribution in [1.29, 1.82) is 0 Å². The van der Waals surface area contributed by atoms with Crippen LogP contribution in [-0.4, -0.2) is 27.9 Å². The third-order valence-electron chi connectivity index (χ3n) is 4.15. The number of aryl methyl sites for hydroxylation is 3. The largest absolute Gasteiger partial charge is 0.294 e. The predicted molar refractivity (Wildman–Crippen MR) is 98.6 cm³/mol. The van der Waals surface area contributed by atoms with E-state index in [1.807, 2.05) is 30.2 Å². The first-order valence-corrected chi connectivity index (χ1v) is 8.88. The maximum absolute atomic E-state index is 4.21. The second kappa shape index (κ2) is 6.77. The van der Waals surface area contributed by atoms with Crippen molar-refractivity contribution in [3.63, 3.8) is 0 Å². The van der Waals surface area contributed by atoms with E-state index in [4.69, 9.17) is 0 Å². The number of aromatic nitrogens is 1. The second-order valence-corrected chi connectivity index (χ2v) is 6.98. The summed E-state index contributed by atoms with van der Waals surface area (Å²) in [5, 5.41) is 6.92. The van der Waals surface area contributed by atoms with E-state index in [2.05, 4.69) is 66.4 Å². The summed E-state index contributed by atoms with van der Waals surface area (Å²) in [6.07, 6.45) is 3.75. The molecule has 0 radical (unpaired) electrons. The molecule has 0 saturated heterocycles. The fourth-order valence-corrected chi connectivity index (χ4v) is 4.16. The minimum atomic E-state index is 0.857. The van der Waals surface area contributed by atoms with E-state index in [9.17, 15) is 0 Å². The second-order valence-electron chi connectivity index (χ2n) is 6.15. The highest BCUT2D eigenvalue weighted by Gasteiger charge is 2.24. The lowest BCUT2D eigenvalue weighted by atomic mass is 9.97. The summed E-state index contributed by atoms with van der Waals surface area (Å²) in [6.45, 7) is 7.43. The van der Waals surface area contributed by atoms with Crippen molar-refractivity contribution in [3.05, 3.63) is 69.9 Å². The summed E-state index contributed by atoms with van der Waals surface area (Å²) in [7, 11) is 2.14. The molecule has 2 aromatic rings. The monoisotopic (exact) mass is 325 g/mol. The number of hydrogen-bond acceptors (Lipinski definition) is 4. The minimum absolute atomic E-state index is 0.857. The SMILES string of the molecule is Cc1cc(C)c(C2=CSCN2N(C)Cc2cccnc2)c(C)c1. The molecule has 0 aliphatic carbocycles. The lowest BCUT2D eigenvalue weighted by Gasteiger charge is -2.33. The molecule has 4 heteroatoms. The van der Waals surface area contributed by atoms with Gasteiger partial charge < -0.3 is 0 Å². The highest BCUT2D eigenvalue weighted by Crippen LogP contribution is 2.36. The first kappa shape index (κ1) is 16.1. The van der Waals surface area contributed by atoms with Crippen LogP contribution in [-0.2, 0) is 6.54 Å². The summed E-state index contributed by atoms with van der Waals surface area (Å²) in [5.41, 5.74) is 7.90. The Morgan fingerprint density at radius 1 is 1.22 bits per heavy atom. The van der Waals surface area contributed by atoms with Crippen LogP contribution in [0.5, 0.6) is 0 Å². The van der Waals surface area contributed by atoms with Gasteiger partial charge in [0.15, 0.2) is 0 Å². The first-order valence-electron chi connectivity index (χ1n) is 7.83. The standard InChI is InChI=1S/C19H23N3S/c1-14-8-15(2)19(16(3)9-14)18-12-23-13-22(18)21(4)11-17-6-5-7-20-10-17/h5-10,12H,11,13H2,1-4H3. The zero-order valence-corrected chi connectivity index (χ0v) is 15.0. The summed E-state index contributed by atoms with van der Waals surface area (Å²) in [6, 6.07) is 8.66. The molecule has 0 spiro atoms. The number of thioether (sulfide) groups is 1. The third kappa shape index (κ3) is 3.43. The number of benzene rings is 1. The van der Waals surface area contributed by atoms with E-state index >= 15 is 0 Å². The van der Waals surface area contributed by atoms with Crippen molar-refractivity contribution in [2.45, 2.75) is 27.3 Å². The van der Waals surface area contributed by atoms with Crippen LogP contribution in [0, 0.1) is 20.8 Å². The fourth-order valence-electron chi connectivity index (χ4n) is 3.21. The molecule has 120 valence electrons. The number of rotatable bonds is 4. The Hall–Kier alpha value is -1.78. The van der Waals surface area contributed by atoms with Gasteiger partial charge in [-0.15, -0.1) is 11.8 Å². The molecule has 3 nitrogen and oxygen atoms in total. The van der Waals surface area contributed by atoms with Gasteiger partial charge in [0.1, 0.15) is 0 Å². The van der Waals surface area contributed by atoms with Crippen molar-refractivity contribution in [3.8, 4) is 0 Å². The molecule has 0 N–H and O–H groups in total. The van der Waals surface area contributed by atoms with Gasteiger partial charge in [-0.3, -0.25) is 9.99 Å². The highest BCUT2D eigenvalue weighted by molar-refractivity contribution is 8.02. The van der Waals surface area contributed by atoms with Gasteiger partial charge in [-0.1, -0.05) is 23.8 Å². The highest BCUT2D eigenvalue weighted by atomic mass is 32.2. The topological polar surface area (TPSA) is 19.4 Å². The van der Waals surface area contributed by atoms with Gasteiger partial charge in [0.05, 0.1) is 11.6 Å². The molecule has 1 aliphatic rings. The maximum Gasteiger partial charge on any atom is 0.0843 e. The number of nitrogens with zero attached hydrogens (tertiary/aromatic N) is 3. The van der Waals surface area contributed by atoms with Crippen molar-refractivity contribution in [2.24, 2.45) is 0 Å². The average molecular weight is 325 g/mol. The van der Waals surface area contributed by atoms with E-state index in [1.54, 1.807) is 0 Å². The molecule has 0 atom stereocenters. The van der Waals surface area contributed by atoms with E-state index < -0.39 is 0 Å². The number of hydrogen-bond donors (Lipinski definition) is 0. The Bertz CT molecular complexity index is 702. The molecular formula is C19H23N3S. The Morgan fingerprint density at radius 2 is 1.96 bits per heavy atom. The van der Waals surface area contributed by atoms with Crippen LogP contribution in [0.3, 0.4) is 0 Å². The summed E-state index contributed by atoms with van der Waals surface area (Å²) >= 11 is 1.85. The van der Waals surface area contributed by atoms with E-state index in [1.165, 1.54) is 33.5 Å². The quantitative estimate of drug-likeness (QED) is 0.831. The summed E-state index contributed by atoms with van der Waals surface area (Å²) in [4.78, 5) is 4.21. The molecule has 2 heterocycles. The minimum Gasteiger partial charge on any atom is -0.294 e. The van der Waals surface area contributed by atoms with Crippen LogP contribution in [0.1, 0.15) is 27.8 Å². The fraction of sp³-hybridized carbons (Fsp3) is 0.316. The average Bonchev–Trinajstić information content (AvgIpc) is 2.96. The van der Waals surface area contributed by atoms with Crippen LogP contribution in [0.15, 0.2) is 42.1 Å². The molecule has 1 aliphatic heterocycles. The summed E-state index contributed by atoms with van der Waals surface area (Å²) in [5.74, 6) is 0.957. The Labute approximate surface area is 143 Å². The Morgan fingerprint density at radius 3 is 2.61 bits per heavy atom. The van der Waals surface area contributed by atoms with Crippen LogP contribution in [0.2, 0.25) is 0 Å². The smallest absolute Gasteiger partial charge is 0.0843 e. The van der Waals surface area contributed by atoms with Crippen LogP contribution in [0.4, 0.5) is 0 Å². The van der Waals surface area contributed by atoms with Gasteiger partial charge in [0.2, 0.25) is 0 Å². The molecule has 23 heavy (non-hydrogen) atoms. The lowest BCUT2D eigenvalue weighted by molar-refractivity contribution is 0.0791. The molecule has 0 amide bonds. The Balaban J connectivity index is 1.86. The van der Waals surface area contributed by atoms with E-state index in [0.717, 1.165) is 12.4 Å². The van der Waals surface area contributed by atoms with Gasteiger partial charge in [-0.25, -0.2) is 5.01 Å². The van der Waals surface area contributed by atoms with Crippen LogP contribution >= 0.6 is 11.8 Å². The van der Waals surface area contributed by atoms with E-state index in [-0.39, 0.29) is 0 Å². The van der Waals surface area contributed by atoms with Crippen molar-refractivity contribution in [2.75, 3.05) is 12.9 Å². The molecule has 0 unspecified atom stereocenters. The van der Waals surface area contributed by atoms with Gasteiger partial charge in [-0.2, -0.15) is 0 Å². The zero-order valence-electron chi connectivity index (χ0n) is 14.2.